The minimum Gasteiger partial charge on any atom is -0.341 e. The van der Waals surface area contributed by atoms with Crippen LogP contribution in [0.3, 0.4) is 0 Å². The van der Waals surface area contributed by atoms with Crippen molar-refractivity contribution in [1.82, 2.24) is 5.32 Å². The second-order valence-electron chi connectivity index (χ2n) is 5.18. The van der Waals surface area contributed by atoms with Gasteiger partial charge in [-0.2, -0.15) is 0 Å². The molecule has 7 heteroatoms. The molecule has 0 saturated carbocycles. The van der Waals surface area contributed by atoms with Crippen LogP contribution in [0.4, 0.5) is 5.69 Å². The summed E-state index contributed by atoms with van der Waals surface area (Å²) in [5.74, 6) is 1.44. The van der Waals surface area contributed by atoms with E-state index in [4.69, 9.17) is 6.42 Å². The first-order valence-electron chi connectivity index (χ1n) is 7.25. The predicted octanol–water partition coefficient (Wildman–Crippen LogP) is 1.71. The number of amides is 2. The SMILES string of the molecule is C#CCNC(=O)c1ccccc1NC(=O)c1ccc(S(C)(=O)=O)cc1. The third-order valence-corrected chi connectivity index (χ3v) is 4.44. The molecular formula is C18H16N2O4S. The second-order valence-corrected chi connectivity index (χ2v) is 7.20. The first kappa shape index (κ1) is 18.2. The van der Waals surface area contributed by atoms with Crippen molar-refractivity contribution in [2.24, 2.45) is 0 Å². The van der Waals surface area contributed by atoms with E-state index >= 15 is 0 Å². The molecule has 2 amide bonds. The topological polar surface area (TPSA) is 92.3 Å². The minimum atomic E-state index is -3.33. The van der Waals surface area contributed by atoms with Crippen LogP contribution in [0.5, 0.6) is 0 Å². The zero-order chi connectivity index (χ0) is 18.4. The molecule has 0 saturated heterocycles. The fraction of sp³-hybridized carbons (Fsp3) is 0.111. The lowest BCUT2D eigenvalue weighted by Crippen LogP contribution is -2.25. The van der Waals surface area contributed by atoms with Crippen LogP contribution in [-0.2, 0) is 9.84 Å². The lowest BCUT2D eigenvalue weighted by atomic mass is 10.1. The summed E-state index contributed by atoms with van der Waals surface area (Å²) in [6.45, 7) is 0.0774. The van der Waals surface area contributed by atoms with Gasteiger partial charge in [-0.15, -0.1) is 6.42 Å². The molecule has 0 aliphatic carbocycles. The molecule has 0 atom stereocenters. The number of hydrogen-bond acceptors (Lipinski definition) is 4. The summed E-state index contributed by atoms with van der Waals surface area (Å²) in [7, 11) is -3.33. The van der Waals surface area contributed by atoms with Crippen LogP contribution in [0.1, 0.15) is 20.7 Å². The van der Waals surface area contributed by atoms with Crippen molar-refractivity contribution in [2.45, 2.75) is 4.90 Å². The molecule has 0 bridgehead atoms. The zero-order valence-electron chi connectivity index (χ0n) is 13.4. The van der Waals surface area contributed by atoms with Crippen molar-refractivity contribution in [3.8, 4) is 12.3 Å². The Morgan fingerprint density at radius 2 is 1.68 bits per heavy atom. The first-order valence-corrected chi connectivity index (χ1v) is 9.14. The van der Waals surface area contributed by atoms with Gasteiger partial charge >= 0.3 is 0 Å². The lowest BCUT2D eigenvalue weighted by Gasteiger charge is -2.11. The van der Waals surface area contributed by atoms with Crippen LogP contribution in [0.25, 0.3) is 0 Å². The van der Waals surface area contributed by atoms with E-state index in [0.717, 1.165) is 6.26 Å². The number of hydrogen-bond donors (Lipinski definition) is 2. The first-order chi connectivity index (χ1) is 11.8. The Morgan fingerprint density at radius 1 is 1.04 bits per heavy atom. The standard InChI is InChI=1S/C18H16N2O4S/c1-3-12-19-18(22)15-6-4-5-7-16(15)20-17(21)13-8-10-14(11-9-13)25(2,23)24/h1,4-11H,12H2,2H3,(H,19,22)(H,20,21). The van der Waals surface area contributed by atoms with Gasteiger partial charge in [-0.3, -0.25) is 9.59 Å². The Hall–Kier alpha value is -3.11. The van der Waals surface area contributed by atoms with Gasteiger partial charge in [0.05, 0.1) is 22.7 Å². The molecule has 0 fully saturated rings. The fourth-order valence-electron chi connectivity index (χ4n) is 2.06. The molecule has 0 heterocycles. The van der Waals surface area contributed by atoms with E-state index in [1.54, 1.807) is 24.3 Å². The van der Waals surface area contributed by atoms with Gasteiger partial charge in [0.25, 0.3) is 11.8 Å². The molecule has 0 aromatic heterocycles. The third-order valence-electron chi connectivity index (χ3n) is 3.32. The van der Waals surface area contributed by atoms with E-state index in [9.17, 15) is 18.0 Å². The van der Waals surface area contributed by atoms with E-state index in [0.29, 0.717) is 5.69 Å². The smallest absolute Gasteiger partial charge is 0.255 e. The van der Waals surface area contributed by atoms with Crippen LogP contribution in [0, 0.1) is 12.3 Å². The summed E-state index contributed by atoms with van der Waals surface area (Å²) >= 11 is 0. The summed E-state index contributed by atoms with van der Waals surface area (Å²) in [6, 6.07) is 12.0. The van der Waals surface area contributed by atoms with E-state index < -0.39 is 21.7 Å². The Labute approximate surface area is 146 Å². The molecule has 6 nitrogen and oxygen atoms in total. The molecule has 0 aliphatic heterocycles. The number of rotatable bonds is 5. The van der Waals surface area contributed by atoms with Crippen molar-refractivity contribution >= 4 is 27.3 Å². The molecule has 0 unspecified atom stereocenters. The molecular weight excluding hydrogens is 340 g/mol. The molecule has 0 radical (unpaired) electrons. The number of terminal acetylenes is 1. The van der Waals surface area contributed by atoms with Crippen LogP contribution in [0.15, 0.2) is 53.4 Å². The molecule has 2 aromatic carbocycles. The van der Waals surface area contributed by atoms with Crippen molar-refractivity contribution in [3.63, 3.8) is 0 Å². The second kappa shape index (κ2) is 7.64. The van der Waals surface area contributed by atoms with Gasteiger partial charge in [0.1, 0.15) is 0 Å². The number of carbonyl (C=O) groups is 2. The minimum absolute atomic E-state index is 0.0774. The third kappa shape index (κ3) is 4.68. The number of para-hydroxylation sites is 1. The quantitative estimate of drug-likeness (QED) is 0.798. The number of sulfone groups is 1. The Balaban J connectivity index is 2.21. The monoisotopic (exact) mass is 356 g/mol. The lowest BCUT2D eigenvalue weighted by molar-refractivity contribution is 0.0959. The normalized spacial score (nSPS) is 10.6. The number of nitrogens with one attached hydrogen (secondary N) is 2. The average Bonchev–Trinajstić information content (AvgIpc) is 2.59. The number of anilines is 1. The van der Waals surface area contributed by atoms with Crippen LogP contribution in [-0.4, -0.2) is 33.0 Å². The highest BCUT2D eigenvalue weighted by atomic mass is 32.2. The average molecular weight is 356 g/mol. The number of benzene rings is 2. The Morgan fingerprint density at radius 3 is 2.28 bits per heavy atom. The van der Waals surface area contributed by atoms with E-state index in [-0.39, 0.29) is 22.6 Å². The van der Waals surface area contributed by atoms with Crippen molar-refractivity contribution in [1.29, 1.82) is 0 Å². The molecule has 2 aromatic rings. The summed E-state index contributed by atoms with van der Waals surface area (Å²) in [4.78, 5) is 24.5. The van der Waals surface area contributed by atoms with Crippen molar-refractivity contribution in [2.75, 3.05) is 18.1 Å². The van der Waals surface area contributed by atoms with Gasteiger partial charge in [-0.1, -0.05) is 18.1 Å². The molecule has 0 aliphatic rings. The molecule has 0 spiro atoms. The zero-order valence-corrected chi connectivity index (χ0v) is 14.3. The highest BCUT2D eigenvalue weighted by molar-refractivity contribution is 7.90. The highest BCUT2D eigenvalue weighted by Crippen LogP contribution is 2.17. The van der Waals surface area contributed by atoms with E-state index in [1.165, 1.54) is 24.3 Å². The van der Waals surface area contributed by atoms with Crippen molar-refractivity contribution < 1.29 is 18.0 Å². The molecule has 128 valence electrons. The summed E-state index contributed by atoms with van der Waals surface area (Å²) in [6.07, 6.45) is 6.21. The van der Waals surface area contributed by atoms with E-state index in [1.807, 2.05) is 0 Å². The fourth-order valence-corrected chi connectivity index (χ4v) is 2.70. The van der Waals surface area contributed by atoms with Gasteiger partial charge < -0.3 is 10.6 Å². The largest absolute Gasteiger partial charge is 0.341 e. The van der Waals surface area contributed by atoms with Gasteiger partial charge in [0, 0.05) is 11.8 Å². The molecule has 25 heavy (non-hydrogen) atoms. The summed E-state index contributed by atoms with van der Waals surface area (Å²) in [5.41, 5.74) is 0.874. The maximum atomic E-state index is 12.3. The maximum Gasteiger partial charge on any atom is 0.255 e. The highest BCUT2D eigenvalue weighted by Gasteiger charge is 2.14. The van der Waals surface area contributed by atoms with Gasteiger partial charge in [-0.25, -0.2) is 8.42 Å². The Bertz CT molecular complexity index is 942. The predicted molar refractivity (Wildman–Crippen MR) is 95.1 cm³/mol. The van der Waals surface area contributed by atoms with Crippen LogP contribution < -0.4 is 10.6 Å². The van der Waals surface area contributed by atoms with Gasteiger partial charge in [0.2, 0.25) is 0 Å². The number of carbonyl (C=O) groups excluding carboxylic acids is 2. The molecule has 2 N–H and O–H groups in total. The summed E-state index contributed by atoms with van der Waals surface area (Å²) < 4.78 is 22.9. The van der Waals surface area contributed by atoms with Crippen molar-refractivity contribution in [3.05, 3.63) is 59.7 Å². The maximum absolute atomic E-state index is 12.3. The van der Waals surface area contributed by atoms with Gasteiger partial charge in [0.15, 0.2) is 9.84 Å². The van der Waals surface area contributed by atoms with Gasteiger partial charge in [-0.05, 0) is 36.4 Å². The summed E-state index contributed by atoms with van der Waals surface area (Å²) in [5, 5.41) is 5.17. The van der Waals surface area contributed by atoms with E-state index in [2.05, 4.69) is 16.6 Å². The van der Waals surface area contributed by atoms with Crippen LogP contribution in [0.2, 0.25) is 0 Å². The molecule has 2 rings (SSSR count). The Kier molecular flexibility index (Phi) is 5.57. The van der Waals surface area contributed by atoms with Crippen LogP contribution >= 0.6 is 0 Å².